The van der Waals surface area contributed by atoms with Crippen molar-refractivity contribution in [3.8, 4) is 5.75 Å². The van der Waals surface area contributed by atoms with Crippen molar-refractivity contribution in [1.29, 1.82) is 0 Å². The maximum Gasteiger partial charge on any atom is 0.269 e. The zero-order valence-corrected chi connectivity index (χ0v) is 14.0. The number of hydrogen-bond donors (Lipinski definition) is 2. The highest BCUT2D eigenvalue weighted by molar-refractivity contribution is 5.95. The fraction of sp³-hybridized carbons (Fsp3) is 0.278. The molecule has 0 unspecified atom stereocenters. The average molecular weight is 384 g/mol. The minimum atomic E-state index is -1.65. The van der Waals surface area contributed by atoms with Crippen LogP contribution in [-0.4, -0.2) is 25.2 Å². The molecule has 1 saturated heterocycles. The van der Waals surface area contributed by atoms with Gasteiger partial charge in [0.25, 0.3) is 5.91 Å². The summed E-state index contributed by atoms with van der Waals surface area (Å²) in [5.74, 6) is -6.70. The summed E-state index contributed by atoms with van der Waals surface area (Å²) in [7, 11) is 0. The van der Waals surface area contributed by atoms with E-state index in [1.165, 1.54) is 12.1 Å². The Morgan fingerprint density at radius 1 is 1.11 bits per heavy atom. The van der Waals surface area contributed by atoms with Crippen LogP contribution < -0.4 is 15.6 Å². The Bertz CT molecular complexity index is 798. The number of carbonyl (C=O) groups excluding carboxylic acids is 1. The second kappa shape index (κ2) is 8.26. The molecule has 3 rings (SSSR count). The van der Waals surface area contributed by atoms with E-state index in [2.05, 4.69) is 0 Å². The van der Waals surface area contributed by atoms with Gasteiger partial charge in [-0.2, -0.15) is 0 Å². The molecule has 1 fully saturated rings. The predicted octanol–water partition coefficient (Wildman–Crippen LogP) is 3.56. The fourth-order valence-electron chi connectivity index (χ4n) is 2.54. The second-order valence-electron chi connectivity index (χ2n) is 5.89. The number of hydrazine groups is 1. The molecule has 2 aromatic rings. The van der Waals surface area contributed by atoms with Crippen molar-refractivity contribution >= 4 is 11.6 Å². The van der Waals surface area contributed by atoms with Crippen LogP contribution in [0, 0.1) is 23.3 Å². The Kier molecular flexibility index (Phi) is 5.80. The minimum Gasteiger partial charge on any atom is -0.491 e. The van der Waals surface area contributed by atoms with Crippen molar-refractivity contribution in [1.82, 2.24) is 5.43 Å². The third kappa shape index (κ3) is 4.48. The van der Waals surface area contributed by atoms with Crippen molar-refractivity contribution in [3.05, 3.63) is 59.2 Å². The van der Waals surface area contributed by atoms with Gasteiger partial charge >= 0.3 is 0 Å². The summed E-state index contributed by atoms with van der Waals surface area (Å²) in [6, 6.07) is 6.04. The molecule has 1 aliphatic rings. The Labute approximate surface area is 152 Å². The quantitative estimate of drug-likeness (QED) is 0.454. The highest BCUT2D eigenvalue weighted by atomic mass is 19.2. The van der Waals surface area contributed by atoms with Crippen LogP contribution in [0.15, 0.2) is 30.3 Å². The largest absolute Gasteiger partial charge is 0.491 e. The van der Waals surface area contributed by atoms with Gasteiger partial charge in [0.15, 0.2) is 23.3 Å². The number of amides is 1. The summed E-state index contributed by atoms with van der Waals surface area (Å²) in [6.07, 6.45) is 1.98. The van der Waals surface area contributed by atoms with E-state index in [1.807, 2.05) is 10.9 Å². The van der Waals surface area contributed by atoms with Crippen molar-refractivity contribution < 1.29 is 31.8 Å². The maximum atomic E-state index is 13.5. The normalized spacial score (nSPS) is 16.2. The first-order valence-electron chi connectivity index (χ1n) is 8.19. The van der Waals surface area contributed by atoms with E-state index >= 15 is 0 Å². The van der Waals surface area contributed by atoms with Crippen LogP contribution in [0.5, 0.6) is 5.75 Å². The predicted molar refractivity (Wildman–Crippen MR) is 88.3 cm³/mol. The lowest BCUT2D eigenvalue weighted by atomic mass is 10.2. The number of carbonyl (C=O) groups is 1. The van der Waals surface area contributed by atoms with Gasteiger partial charge in [-0.1, -0.05) is 0 Å². The number of ether oxygens (including phenoxy) is 2. The van der Waals surface area contributed by atoms with E-state index in [4.69, 9.17) is 9.47 Å². The molecule has 1 amide bonds. The molecular formula is C18H16F4N2O3. The van der Waals surface area contributed by atoms with Crippen LogP contribution in [0.4, 0.5) is 23.2 Å². The zero-order chi connectivity index (χ0) is 19.4. The lowest BCUT2D eigenvalue weighted by molar-refractivity contribution is 0.0679. The number of rotatable bonds is 6. The Morgan fingerprint density at radius 3 is 2.37 bits per heavy atom. The SMILES string of the molecule is O=C(NNc1c(F)c(F)cc(F)c1F)c1ccc(OC[C@H]2CCCO2)cc1. The standard InChI is InChI=1S/C18H16F4N2O3/c19-13-8-14(20)16(22)17(15(13)21)23-24-18(25)10-3-5-11(6-4-10)27-9-12-2-1-7-26-12/h3-6,8,12,23H,1-2,7,9H2,(H,24,25)/t12-/m1/s1. The van der Waals surface area contributed by atoms with Gasteiger partial charge in [0.2, 0.25) is 0 Å². The van der Waals surface area contributed by atoms with E-state index in [0.717, 1.165) is 19.4 Å². The second-order valence-corrected chi connectivity index (χ2v) is 5.89. The van der Waals surface area contributed by atoms with Gasteiger partial charge in [0.1, 0.15) is 18.0 Å². The highest BCUT2D eigenvalue weighted by Gasteiger charge is 2.20. The molecule has 27 heavy (non-hydrogen) atoms. The molecule has 2 aromatic carbocycles. The van der Waals surface area contributed by atoms with Crippen LogP contribution in [0.2, 0.25) is 0 Å². The van der Waals surface area contributed by atoms with Crippen molar-refractivity contribution in [3.63, 3.8) is 0 Å². The van der Waals surface area contributed by atoms with E-state index in [-0.39, 0.29) is 17.7 Å². The monoisotopic (exact) mass is 384 g/mol. The van der Waals surface area contributed by atoms with Crippen LogP contribution >= 0.6 is 0 Å². The number of benzene rings is 2. The van der Waals surface area contributed by atoms with Gasteiger partial charge in [-0.05, 0) is 37.1 Å². The zero-order valence-electron chi connectivity index (χ0n) is 14.0. The summed E-state index contributed by atoms with van der Waals surface area (Å²) in [4.78, 5) is 12.0. The summed E-state index contributed by atoms with van der Waals surface area (Å²) in [6.45, 7) is 1.12. The molecule has 144 valence electrons. The topological polar surface area (TPSA) is 59.6 Å². The average Bonchev–Trinajstić information content (AvgIpc) is 3.18. The molecule has 0 spiro atoms. The number of anilines is 1. The molecule has 9 heteroatoms. The first-order chi connectivity index (χ1) is 13.0. The lowest BCUT2D eigenvalue weighted by Crippen LogP contribution is -2.30. The van der Waals surface area contributed by atoms with Crippen LogP contribution in [0.1, 0.15) is 23.2 Å². The van der Waals surface area contributed by atoms with Crippen LogP contribution in [0.25, 0.3) is 0 Å². The van der Waals surface area contributed by atoms with Crippen molar-refractivity contribution in [2.24, 2.45) is 0 Å². The van der Waals surface area contributed by atoms with Crippen molar-refractivity contribution in [2.45, 2.75) is 18.9 Å². The fourth-order valence-corrected chi connectivity index (χ4v) is 2.54. The molecule has 1 heterocycles. The highest BCUT2D eigenvalue weighted by Crippen LogP contribution is 2.23. The first kappa shape index (κ1) is 19.0. The molecule has 0 radical (unpaired) electrons. The minimum absolute atomic E-state index is 0.0497. The Hall–Kier alpha value is -2.81. The van der Waals surface area contributed by atoms with Crippen LogP contribution in [-0.2, 0) is 4.74 Å². The molecular weight excluding hydrogens is 368 g/mol. The van der Waals surface area contributed by atoms with E-state index in [9.17, 15) is 22.4 Å². The van der Waals surface area contributed by atoms with Gasteiger partial charge in [0, 0.05) is 18.2 Å². The molecule has 0 aliphatic carbocycles. The van der Waals surface area contributed by atoms with Crippen molar-refractivity contribution in [2.75, 3.05) is 18.6 Å². The molecule has 1 aliphatic heterocycles. The molecule has 0 bridgehead atoms. The Morgan fingerprint density at radius 2 is 1.78 bits per heavy atom. The molecule has 0 saturated carbocycles. The van der Waals surface area contributed by atoms with E-state index in [1.54, 1.807) is 12.1 Å². The van der Waals surface area contributed by atoms with Gasteiger partial charge in [0.05, 0.1) is 6.10 Å². The van der Waals surface area contributed by atoms with Gasteiger partial charge < -0.3 is 9.47 Å². The summed E-state index contributed by atoms with van der Waals surface area (Å²) < 4.78 is 64.3. The molecule has 2 N–H and O–H groups in total. The van der Waals surface area contributed by atoms with E-state index in [0.29, 0.717) is 12.4 Å². The lowest BCUT2D eigenvalue weighted by Gasteiger charge is -2.13. The summed E-state index contributed by atoms with van der Waals surface area (Å²) in [5, 5.41) is 0. The third-order valence-corrected chi connectivity index (χ3v) is 3.99. The van der Waals surface area contributed by atoms with Gasteiger partial charge in [-0.3, -0.25) is 15.6 Å². The smallest absolute Gasteiger partial charge is 0.269 e. The number of halogens is 4. The summed E-state index contributed by atoms with van der Waals surface area (Å²) >= 11 is 0. The maximum absolute atomic E-state index is 13.5. The number of nitrogens with one attached hydrogen (secondary N) is 2. The third-order valence-electron chi connectivity index (χ3n) is 3.99. The van der Waals surface area contributed by atoms with Gasteiger partial charge in [-0.15, -0.1) is 0 Å². The molecule has 0 aromatic heterocycles. The van der Waals surface area contributed by atoms with E-state index < -0.39 is 34.9 Å². The van der Waals surface area contributed by atoms with Crippen LogP contribution in [0.3, 0.4) is 0 Å². The number of hydrogen-bond acceptors (Lipinski definition) is 4. The first-order valence-corrected chi connectivity index (χ1v) is 8.19. The summed E-state index contributed by atoms with van der Waals surface area (Å²) in [5.41, 5.74) is 2.86. The molecule has 1 atom stereocenters. The molecule has 5 nitrogen and oxygen atoms in total. The Balaban J connectivity index is 1.58. The van der Waals surface area contributed by atoms with Gasteiger partial charge in [-0.25, -0.2) is 17.6 Å².